The summed E-state index contributed by atoms with van der Waals surface area (Å²) in [6.45, 7) is 2.07. The van der Waals surface area contributed by atoms with E-state index in [0.29, 0.717) is 27.1 Å². The number of hydrogen-bond donors (Lipinski definition) is 1. The molecular weight excluding hydrogens is 455 g/mol. The van der Waals surface area contributed by atoms with Crippen LogP contribution in [0.2, 0.25) is 15.1 Å². The predicted molar refractivity (Wildman–Crippen MR) is 127 cm³/mol. The number of amides is 2. The topological polar surface area (TPSA) is 49.4 Å². The van der Waals surface area contributed by atoms with Crippen molar-refractivity contribution in [1.29, 1.82) is 0 Å². The van der Waals surface area contributed by atoms with Gasteiger partial charge in [-0.15, -0.1) is 0 Å². The third-order valence-corrected chi connectivity index (χ3v) is 6.67. The van der Waals surface area contributed by atoms with Crippen LogP contribution >= 0.6 is 34.8 Å². The van der Waals surface area contributed by atoms with Gasteiger partial charge in [-0.3, -0.25) is 9.59 Å². The maximum atomic E-state index is 13.4. The molecule has 0 aromatic heterocycles. The molecule has 1 aliphatic carbocycles. The van der Waals surface area contributed by atoms with Gasteiger partial charge in [-0.2, -0.15) is 0 Å². The fraction of sp³-hybridized carbons (Fsp3) is 0.417. The minimum atomic E-state index is -0.611. The van der Waals surface area contributed by atoms with E-state index in [2.05, 4.69) is 5.32 Å². The molecule has 1 saturated carbocycles. The number of benzene rings is 2. The molecule has 0 spiro atoms. The first kappa shape index (κ1) is 23.9. The van der Waals surface area contributed by atoms with Crippen LogP contribution in [0.3, 0.4) is 0 Å². The van der Waals surface area contributed by atoms with Gasteiger partial charge in [0.25, 0.3) is 0 Å². The van der Waals surface area contributed by atoms with Gasteiger partial charge in [-0.05, 0) is 49.1 Å². The molecule has 7 heteroatoms. The molecular formula is C24H27Cl3N2O2. The third kappa shape index (κ3) is 6.38. The largest absolute Gasteiger partial charge is 0.352 e. The normalized spacial score (nSPS) is 15.0. The fourth-order valence-corrected chi connectivity index (χ4v) is 4.79. The number of carbonyl (C=O) groups is 2. The van der Waals surface area contributed by atoms with Gasteiger partial charge >= 0.3 is 0 Å². The van der Waals surface area contributed by atoms with Crippen LogP contribution in [0.4, 0.5) is 0 Å². The van der Waals surface area contributed by atoms with Gasteiger partial charge in [0.1, 0.15) is 6.04 Å². The first-order valence-electron chi connectivity index (χ1n) is 10.7. The lowest BCUT2D eigenvalue weighted by atomic mass is 10.1. The third-order valence-electron chi connectivity index (χ3n) is 5.72. The molecule has 1 aliphatic rings. The Morgan fingerprint density at radius 2 is 1.71 bits per heavy atom. The van der Waals surface area contributed by atoms with Crippen molar-refractivity contribution in [3.8, 4) is 0 Å². The highest BCUT2D eigenvalue weighted by atomic mass is 35.5. The smallest absolute Gasteiger partial charge is 0.243 e. The second-order valence-corrected chi connectivity index (χ2v) is 9.19. The first-order valence-corrected chi connectivity index (χ1v) is 11.8. The average Bonchev–Trinajstić information content (AvgIpc) is 3.23. The maximum absolute atomic E-state index is 13.4. The molecule has 2 aromatic rings. The number of nitrogens with zero attached hydrogens (tertiary/aromatic N) is 1. The van der Waals surface area contributed by atoms with Crippen molar-refractivity contribution < 1.29 is 9.59 Å². The van der Waals surface area contributed by atoms with E-state index in [1.54, 1.807) is 35.2 Å². The Balaban J connectivity index is 1.87. The number of halogens is 3. The highest BCUT2D eigenvalue weighted by Gasteiger charge is 2.31. The molecule has 0 aliphatic heterocycles. The van der Waals surface area contributed by atoms with E-state index in [4.69, 9.17) is 34.8 Å². The van der Waals surface area contributed by atoms with Gasteiger partial charge in [0.15, 0.2) is 0 Å². The molecule has 0 radical (unpaired) electrons. The Bertz CT molecular complexity index is 909. The Labute approximate surface area is 198 Å². The second-order valence-electron chi connectivity index (χ2n) is 7.94. The molecule has 1 N–H and O–H groups in total. The van der Waals surface area contributed by atoms with Crippen molar-refractivity contribution in [2.24, 2.45) is 0 Å². The highest BCUT2D eigenvalue weighted by Crippen LogP contribution is 2.28. The Kier molecular flexibility index (Phi) is 8.65. The highest BCUT2D eigenvalue weighted by molar-refractivity contribution is 6.36. The van der Waals surface area contributed by atoms with Crippen LogP contribution in [-0.2, 0) is 22.6 Å². The molecule has 0 bridgehead atoms. The van der Waals surface area contributed by atoms with Crippen molar-refractivity contribution in [3.63, 3.8) is 0 Å². The Morgan fingerprint density at radius 3 is 2.32 bits per heavy atom. The standard InChI is InChI=1S/C24H27Cl3N2O2/c1-2-22(24(31)28-18-9-3-4-10-18)29(15-19-20(26)11-6-12-21(19)27)23(30)14-16-7-5-8-17(25)13-16/h5-8,11-13,18,22H,2-4,9-10,14-15H2,1H3,(H,28,31)/t22-/m1/s1. The van der Waals surface area contributed by atoms with E-state index in [1.165, 1.54) is 0 Å². The Morgan fingerprint density at radius 1 is 1.06 bits per heavy atom. The number of carbonyl (C=O) groups excluding carboxylic acids is 2. The van der Waals surface area contributed by atoms with Gasteiger partial charge in [0.2, 0.25) is 11.8 Å². The van der Waals surface area contributed by atoms with Crippen molar-refractivity contribution in [1.82, 2.24) is 10.2 Å². The predicted octanol–water partition coefficient (Wildman–Crippen LogP) is 6.06. The lowest BCUT2D eigenvalue weighted by Gasteiger charge is -2.32. The van der Waals surface area contributed by atoms with Crippen molar-refractivity contribution in [2.75, 3.05) is 0 Å². The molecule has 4 nitrogen and oxygen atoms in total. The van der Waals surface area contributed by atoms with Crippen LogP contribution in [0.25, 0.3) is 0 Å². The maximum Gasteiger partial charge on any atom is 0.243 e. The van der Waals surface area contributed by atoms with E-state index < -0.39 is 6.04 Å². The number of rotatable bonds is 8. The summed E-state index contributed by atoms with van der Waals surface area (Å²) in [5, 5.41) is 4.64. The first-order chi connectivity index (χ1) is 14.9. The van der Waals surface area contributed by atoms with Gasteiger partial charge in [-0.25, -0.2) is 0 Å². The van der Waals surface area contributed by atoms with E-state index >= 15 is 0 Å². The monoisotopic (exact) mass is 480 g/mol. The molecule has 2 amide bonds. The minimum Gasteiger partial charge on any atom is -0.352 e. The van der Waals surface area contributed by atoms with Crippen LogP contribution in [0.1, 0.15) is 50.2 Å². The van der Waals surface area contributed by atoms with Gasteiger partial charge in [0, 0.05) is 33.2 Å². The van der Waals surface area contributed by atoms with Crippen LogP contribution in [0, 0.1) is 0 Å². The summed E-state index contributed by atoms with van der Waals surface area (Å²) in [6, 6.07) is 12.0. The molecule has 1 atom stereocenters. The minimum absolute atomic E-state index is 0.128. The Hall–Kier alpha value is -1.75. The average molecular weight is 482 g/mol. The summed E-state index contributed by atoms with van der Waals surface area (Å²) in [6.07, 6.45) is 4.82. The van der Waals surface area contributed by atoms with E-state index in [9.17, 15) is 9.59 Å². The summed E-state index contributed by atoms with van der Waals surface area (Å²) in [7, 11) is 0. The summed E-state index contributed by atoms with van der Waals surface area (Å²) in [5.41, 5.74) is 1.43. The number of nitrogens with one attached hydrogen (secondary N) is 1. The van der Waals surface area contributed by atoms with Crippen LogP contribution in [-0.4, -0.2) is 28.8 Å². The van der Waals surface area contributed by atoms with Crippen molar-refractivity contribution >= 4 is 46.6 Å². The van der Waals surface area contributed by atoms with Crippen LogP contribution in [0.15, 0.2) is 42.5 Å². The number of hydrogen-bond acceptors (Lipinski definition) is 2. The molecule has 0 saturated heterocycles. The van der Waals surface area contributed by atoms with Crippen LogP contribution < -0.4 is 5.32 Å². The van der Waals surface area contributed by atoms with E-state index in [-0.39, 0.29) is 30.8 Å². The van der Waals surface area contributed by atoms with Crippen molar-refractivity contribution in [3.05, 3.63) is 68.7 Å². The lowest BCUT2D eigenvalue weighted by Crippen LogP contribution is -2.51. The molecule has 166 valence electrons. The zero-order chi connectivity index (χ0) is 22.4. The zero-order valence-electron chi connectivity index (χ0n) is 17.5. The van der Waals surface area contributed by atoms with Crippen molar-refractivity contribution in [2.45, 2.75) is 64.1 Å². The van der Waals surface area contributed by atoms with Gasteiger partial charge < -0.3 is 10.2 Å². The lowest BCUT2D eigenvalue weighted by molar-refractivity contribution is -0.141. The second kappa shape index (κ2) is 11.2. The fourth-order valence-electron chi connectivity index (χ4n) is 4.06. The molecule has 2 aromatic carbocycles. The SMILES string of the molecule is CC[C@H](C(=O)NC1CCCC1)N(Cc1c(Cl)cccc1Cl)C(=O)Cc1cccc(Cl)c1. The van der Waals surface area contributed by atoms with Gasteiger partial charge in [0.05, 0.1) is 6.42 Å². The summed E-state index contributed by atoms with van der Waals surface area (Å²) >= 11 is 18.9. The molecule has 0 unspecified atom stereocenters. The van der Waals surface area contributed by atoms with E-state index in [1.807, 2.05) is 19.1 Å². The quantitative estimate of drug-likeness (QED) is 0.498. The zero-order valence-corrected chi connectivity index (χ0v) is 19.8. The van der Waals surface area contributed by atoms with Gasteiger partial charge in [-0.1, -0.05) is 72.8 Å². The molecule has 3 rings (SSSR count). The van der Waals surface area contributed by atoms with E-state index in [0.717, 1.165) is 31.2 Å². The molecule has 1 fully saturated rings. The summed E-state index contributed by atoms with van der Waals surface area (Å²) in [4.78, 5) is 28.2. The summed E-state index contributed by atoms with van der Waals surface area (Å²) in [5.74, 6) is -0.302. The molecule has 0 heterocycles. The van der Waals surface area contributed by atoms with Crippen LogP contribution in [0.5, 0.6) is 0 Å². The molecule has 31 heavy (non-hydrogen) atoms. The summed E-state index contributed by atoms with van der Waals surface area (Å²) < 4.78 is 0.